The molecule has 0 aliphatic heterocycles. The molecule has 1 atom stereocenters. The first-order chi connectivity index (χ1) is 45.4. The molecule has 278 valence electrons. The van der Waals surface area contributed by atoms with Crippen LogP contribution in [0.4, 0.5) is 17.1 Å². The molecule has 1 heterocycles. The van der Waals surface area contributed by atoms with Gasteiger partial charge < -0.3 is 9.32 Å². The lowest BCUT2D eigenvalue weighted by atomic mass is 9.67. The average Bonchev–Trinajstić information content (AvgIpc) is 1.48. The van der Waals surface area contributed by atoms with Crippen molar-refractivity contribution in [1.29, 1.82) is 0 Å². The van der Waals surface area contributed by atoms with Crippen molar-refractivity contribution >= 4 is 39.0 Å². The zero-order valence-electron chi connectivity index (χ0n) is 68.4. The molecule has 0 spiro atoms. The number of nitrogens with zero attached hydrogens (tertiary/aromatic N) is 1. The topological polar surface area (TPSA) is 16.4 Å². The predicted molar refractivity (Wildman–Crippen MR) is 243 cm³/mol. The van der Waals surface area contributed by atoms with Crippen LogP contribution in [0.1, 0.15) is 99.3 Å². The summed E-state index contributed by atoms with van der Waals surface area (Å²) in [6.45, 7) is -4.15. The summed E-state index contributed by atoms with van der Waals surface area (Å²) in [6.07, 6.45) is 0. The van der Waals surface area contributed by atoms with E-state index in [0.717, 1.165) is 0 Å². The number of hydrogen-bond acceptors (Lipinski definition) is 2. The van der Waals surface area contributed by atoms with Crippen LogP contribution in [0.25, 0.3) is 44.2 Å². The van der Waals surface area contributed by atoms with Gasteiger partial charge >= 0.3 is 0 Å². The van der Waals surface area contributed by atoms with Gasteiger partial charge in [-0.05, 0) is 116 Å². The molecule has 59 heavy (non-hydrogen) atoms. The smallest absolute Gasteiger partial charge is 0.135 e. The second kappa shape index (κ2) is 12.8. The first-order valence-electron chi connectivity index (χ1n) is 36.8. The van der Waals surface area contributed by atoms with E-state index >= 15 is 0 Å². The Labute approximate surface area is 399 Å². The summed E-state index contributed by atoms with van der Waals surface area (Å²) in [5.41, 5.74) is -26.5. The van der Waals surface area contributed by atoms with Gasteiger partial charge in [0.05, 0.1) is 54.8 Å². The Morgan fingerprint density at radius 1 is 0.390 bits per heavy atom. The van der Waals surface area contributed by atoms with Crippen molar-refractivity contribution in [3.63, 3.8) is 0 Å². The maximum atomic E-state index is 10.9. The van der Waals surface area contributed by atoms with Gasteiger partial charge in [-0.2, -0.15) is 0 Å². The normalized spacial score (nSPS) is 25.3. The van der Waals surface area contributed by atoms with Crippen molar-refractivity contribution in [3.05, 3.63) is 256 Å². The molecule has 0 amide bonds. The van der Waals surface area contributed by atoms with Gasteiger partial charge in [-0.15, -0.1) is 0 Å². The van der Waals surface area contributed by atoms with Crippen LogP contribution in [-0.4, -0.2) is 0 Å². The van der Waals surface area contributed by atoms with Crippen LogP contribution in [0, 0.1) is 0 Å². The van der Waals surface area contributed by atoms with Gasteiger partial charge in [0.1, 0.15) is 11.2 Å². The Morgan fingerprint density at radius 3 is 1.54 bits per heavy atom. The average molecular weight is 793 g/mol. The van der Waals surface area contributed by atoms with Gasteiger partial charge in [0.15, 0.2) is 0 Å². The van der Waals surface area contributed by atoms with E-state index in [1.165, 1.54) is 0 Å². The van der Waals surface area contributed by atoms with Crippen LogP contribution in [0.15, 0.2) is 222 Å². The SMILES string of the molecule is [2H]c1c([2H])c([2H])c(C2(c3c([2H])c([2H])c([2H])c([2H])c3[2H])c3c([2H])c([2H])c([2H])c([2H])c3-c3c([2H])c([2H])c(N(c4c([2H])c([2H])c5c(c4[2H])C(c4c([2H])c([2H])c([2H])c([2H])c4[2H])(C([2H])([2H])[2H])c4c([2H])c([2H])c([2H])c([2H])c4-5)c4c([2H])c([2H])c5oc6c([2H])c([2H])c([2H])c([2H])c6c5c4[2H])c([2H])c32)c([2H])c1[2H]. The molecular formula is C57H39NO. The number of hydrogen-bond donors (Lipinski definition) is 0. The Bertz CT molecular complexity index is 5320. The highest BCUT2D eigenvalue weighted by atomic mass is 16.3. The van der Waals surface area contributed by atoms with Gasteiger partial charge in [0.2, 0.25) is 0 Å². The van der Waals surface area contributed by atoms with Crippen LogP contribution in [0.2, 0.25) is 0 Å². The van der Waals surface area contributed by atoms with Crippen molar-refractivity contribution in [2.24, 2.45) is 0 Å². The zero-order valence-corrected chi connectivity index (χ0v) is 29.4. The highest BCUT2D eigenvalue weighted by Gasteiger charge is 2.46. The molecule has 2 aliphatic rings. The molecular weight excluding hydrogens is 715 g/mol. The standard InChI is InChI=1S/C57H39NO/c1-56(38-17-5-2-6-18-38)50-26-14-11-23-44(50)46-32-29-42(36-52(46)56)58(41-31-34-55-49(35-41)48-25-13-16-28-54(48)59-55)43-30-33-47-45-24-12-15-27-51(45)57(53(47)37-43,39-19-7-3-8-20-39)40-21-9-4-10-22-40/h2-37H,1H3/i1D3,2D,3D,4D,5D,6D,7D,8D,9D,10D,11D,12D,13D,14D,15D,16D,17D,18D,19D,20D,21D,22D,23D,24D,25D,26D,27D,28D,29D,30D,31D,32D,33D,34D,35D,36D,37D. The summed E-state index contributed by atoms with van der Waals surface area (Å²) in [5.74, 6) is 0. The predicted octanol–water partition coefficient (Wildman–Crippen LogP) is 14.8. The molecule has 0 fully saturated rings. The van der Waals surface area contributed by atoms with Crippen LogP contribution in [-0.2, 0) is 10.8 Å². The van der Waals surface area contributed by atoms with Crippen molar-refractivity contribution in [2.75, 3.05) is 4.90 Å². The summed E-state index contributed by atoms with van der Waals surface area (Å²) >= 11 is 0. The number of anilines is 3. The summed E-state index contributed by atoms with van der Waals surface area (Å²) < 4.78 is 373. The number of para-hydroxylation sites is 1. The van der Waals surface area contributed by atoms with Gasteiger partial charge in [0, 0.05) is 37.4 Å². The van der Waals surface area contributed by atoms with Crippen LogP contribution >= 0.6 is 0 Å². The largest absolute Gasteiger partial charge is 0.456 e. The molecule has 2 nitrogen and oxygen atoms in total. The molecule has 12 rings (SSSR count). The third kappa shape index (κ3) is 4.75. The molecule has 1 aromatic heterocycles. The molecule has 9 aromatic carbocycles. The number of rotatable bonds is 6. The Balaban J connectivity index is 1.43. The van der Waals surface area contributed by atoms with Gasteiger partial charge in [-0.25, -0.2) is 0 Å². The minimum absolute atomic E-state index is 0.135. The molecule has 0 radical (unpaired) electrons. The summed E-state index contributed by atoms with van der Waals surface area (Å²) in [4.78, 5) is 0.135. The minimum Gasteiger partial charge on any atom is -0.456 e. The Kier molecular flexibility index (Phi) is 2.77. The zero-order chi connectivity index (χ0) is 73.0. The van der Waals surface area contributed by atoms with Gasteiger partial charge in [-0.1, -0.05) is 169 Å². The van der Waals surface area contributed by atoms with E-state index in [1.54, 1.807) is 0 Å². The maximum absolute atomic E-state index is 10.9. The van der Waals surface area contributed by atoms with Crippen LogP contribution in [0.3, 0.4) is 0 Å². The van der Waals surface area contributed by atoms with E-state index in [9.17, 15) is 30.2 Å². The molecule has 2 heteroatoms. The maximum Gasteiger partial charge on any atom is 0.135 e. The molecule has 0 bridgehead atoms. The monoisotopic (exact) mass is 793 g/mol. The Hall–Kier alpha value is -7.42. The van der Waals surface area contributed by atoms with E-state index in [-0.39, 0.29) is 4.90 Å². The van der Waals surface area contributed by atoms with Crippen molar-refractivity contribution in [2.45, 2.75) is 17.7 Å². The first-order valence-corrected chi connectivity index (χ1v) is 17.3. The van der Waals surface area contributed by atoms with E-state index in [4.69, 9.17) is 27.7 Å². The summed E-state index contributed by atoms with van der Waals surface area (Å²) in [6, 6.07) is -46.4. The molecule has 10 aromatic rings. The fourth-order valence-electron chi connectivity index (χ4n) is 7.69. The lowest BCUT2D eigenvalue weighted by molar-refractivity contribution is 0.669. The highest BCUT2D eigenvalue weighted by Crippen LogP contribution is 2.58. The second-order valence-corrected chi connectivity index (χ2v) is 13.0. The van der Waals surface area contributed by atoms with Crippen LogP contribution < -0.4 is 4.90 Å². The van der Waals surface area contributed by atoms with Gasteiger partial charge in [-0.3, -0.25) is 0 Å². The van der Waals surface area contributed by atoms with Crippen molar-refractivity contribution in [1.82, 2.24) is 0 Å². The molecule has 2 aliphatic carbocycles. The van der Waals surface area contributed by atoms with E-state index in [0.29, 0.717) is 0 Å². The lowest BCUT2D eigenvalue weighted by Crippen LogP contribution is -2.28. The number of benzene rings is 9. The van der Waals surface area contributed by atoms with E-state index < -0.39 is 335 Å². The summed E-state index contributed by atoms with van der Waals surface area (Å²) in [5, 5.41) is -1.61. The van der Waals surface area contributed by atoms with Crippen molar-refractivity contribution in [3.8, 4) is 22.3 Å². The fraction of sp³-hybridized carbons (Fsp3) is 0.0526. The molecule has 0 saturated carbocycles. The molecule has 0 N–H and O–H groups in total. The third-order valence-corrected chi connectivity index (χ3v) is 10.1. The fourth-order valence-corrected chi connectivity index (χ4v) is 7.69. The molecule has 0 saturated heterocycles. The van der Waals surface area contributed by atoms with E-state index in [1.807, 2.05) is 0 Å². The first kappa shape index (κ1) is 12.8. The third-order valence-electron chi connectivity index (χ3n) is 10.1. The highest BCUT2D eigenvalue weighted by molar-refractivity contribution is 6.06. The minimum atomic E-state index is -4.15. The quantitative estimate of drug-likeness (QED) is 0.167. The second-order valence-electron chi connectivity index (χ2n) is 13.0. The van der Waals surface area contributed by atoms with E-state index in [2.05, 4.69) is 0 Å². The Morgan fingerprint density at radius 2 is 0.864 bits per heavy atom. The lowest BCUT2D eigenvalue weighted by Gasteiger charge is -2.35. The van der Waals surface area contributed by atoms with Crippen LogP contribution in [0.5, 0.6) is 0 Å². The number of fused-ring (bicyclic) bond motifs is 9. The van der Waals surface area contributed by atoms with Crippen molar-refractivity contribution < 1.29 is 57.9 Å². The van der Waals surface area contributed by atoms with Gasteiger partial charge in [0.25, 0.3) is 0 Å². The summed E-state index contributed by atoms with van der Waals surface area (Å²) in [7, 11) is 0. The molecule has 1 unspecified atom stereocenters. The number of furan rings is 1.